The molecule has 1 nitrogen and oxygen atoms in total. The van der Waals surface area contributed by atoms with Gasteiger partial charge >= 0.3 is 12.4 Å². The zero-order valence-electron chi connectivity index (χ0n) is 11.0. The van der Waals surface area contributed by atoms with Crippen LogP contribution in [0.1, 0.15) is 24.9 Å². The van der Waals surface area contributed by atoms with Crippen LogP contribution in [-0.4, -0.2) is 18.9 Å². The van der Waals surface area contributed by atoms with Crippen LogP contribution in [-0.2, 0) is 0 Å². The van der Waals surface area contributed by atoms with Crippen molar-refractivity contribution >= 4 is 0 Å². The van der Waals surface area contributed by atoms with Gasteiger partial charge in [0.2, 0.25) is 0 Å². The molecule has 0 aliphatic rings. The highest BCUT2D eigenvalue weighted by Gasteiger charge is 2.60. The van der Waals surface area contributed by atoms with Gasteiger partial charge in [0.05, 0.1) is 6.04 Å². The molecule has 0 aromatic heterocycles. The molecular formula is C13H14F7N. The van der Waals surface area contributed by atoms with Crippen LogP contribution in [0.3, 0.4) is 0 Å². The summed E-state index contributed by atoms with van der Waals surface area (Å²) in [5.74, 6) is -4.29. The van der Waals surface area contributed by atoms with Crippen molar-refractivity contribution in [3.63, 3.8) is 0 Å². The summed E-state index contributed by atoms with van der Waals surface area (Å²) in [5.41, 5.74) is -0.260. The number of halogens is 7. The van der Waals surface area contributed by atoms with Crippen LogP contribution in [0.15, 0.2) is 24.3 Å². The van der Waals surface area contributed by atoms with E-state index in [1.165, 1.54) is 0 Å². The number of hydrogen-bond donors (Lipinski definition) is 1. The highest BCUT2D eigenvalue weighted by Crippen LogP contribution is 2.46. The van der Waals surface area contributed by atoms with Crippen molar-refractivity contribution in [3.05, 3.63) is 35.6 Å². The Morgan fingerprint density at radius 2 is 1.43 bits per heavy atom. The predicted octanol–water partition coefficient (Wildman–Crippen LogP) is 4.61. The van der Waals surface area contributed by atoms with E-state index >= 15 is 0 Å². The van der Waals surface area contributed by atoms with Gasteiger partial charge in [-0.25, -0.2) is 4.39 Å². The summed E-state index contributed by atoms with van der Waals surface area (Å²) in [7, 11) is 0. The standard InChI is InChI=1S/C13H14F7N/c1-2-7-21-10(8-3-5-9(14)6-4-8)11(12(15,16)17)13(18,19)20/h3-6,10-11,21H,2,7H2,1H3. The minimum atomic E-state index is -5.46. The van der Waals surface area contributed by atoms with Crippen molar-refractivity contribution in [1.82, 2.24) is 5.32 Å². The Hall–Kier alpha value is -1.31. The first-order chi connectivity index (χ1) is 9.57. The lowest BCUT2D eigenvalue weighted by Gasteiger charge is -2.31. The number of rotatable bonds is 5. The first-order valence-corrected chi connectivity index (χ1v) is 6.19. The van der Waals surface area contributed by atoms with E-state index in [9.17, 15) is 30.7 Å². The predicted molar refractivity (Wildman–Crippen MR) is 63.0 cm³/mol. The van der Waals surface area contributed by atoms with Gasteiger partial charge in [0.1, 0.15) is 5.82 Å². The van der Waals surface area contributed by atoms with Crippen LogP contribution in [0.5, 0.6) is 0 Å². The average molecular weight is 317 g/mol. The Bertz CT molecular complexity index is 421. The van der Waals surface area contributed by atoms with Gasteiger partial charge in [-0.1, -0.05) is 19.1 Å². The van der Waals surface area contributed by atoms with E-state index in [0.717, 1.165) is 24.3 Å². The quantitative estimate of drug-likeness (QED) is 0.782. The molecule has 0 saturated carbocycles. The third-order valence-corrected chi connectivity index (χ3v) is 2.88. The van der Waals surface area contributed by atoms with E-state index in [2.05, 4.69) is 5.32 Å². The maximum Gasteiger partial charge on any atom is 0.402 e. The molecule has 120 valence electrons. The van der Waals surface area contributed by atoms with E-state index in [1.807, 2.05) is 0 Å². The second kappa shape index (κ2) is 6.64. The van der Waals surface area contributed by atoms with Gasteiger partial charge in [0.15, 0.2) is 5.92 Å². The summed E-state index contributed by atoms with van der Waals surface area (Å²) in [6.07, 6.45) is -10.6. The Morgan fingerprint density at radius 1 is 0.952 bits per heavy atom. The molecule has 0 fully saturated rings. The third-order valence-electron chi connectivity index (χ3n) is 2.88. The molecule has 21 heavy (non-hydrogen) atoms. The lowest BCUT2D eigenvalue weighted by Crippen LogP contribution is -2.46. The van der Waals surface area contributed by atoms with E-state index in [1.54, 1.807) is 6.92 Å². The average Bonchev–Trinajstić information content (AvgIpc) is 2.32. The van der Waals surface area contributed by atoms with E-state index in [0.29, 0.717) is 6.42 Å². The van der Waals surface area contributed by atoms with Crippen molar-refractivity contribution in [2.24, 2.45) is 5.92 Å². The smallest absolute Gasteiger partial charge is 0.309 e. The van der Waals surface area contributed by atoms with Crippen molar-refractivity contribution in [1.29, 1.82) is 0 Å². The summed E-state index contributed by atoms with van der Waals surface area (Å²) in [6.45, 7) is 1.59. The highest BCUT2D eigenvalue weighted by molar-refractivity contribution is 5.21. The van der Waals surface area contributed by atoms with Crippen LogP contribution in [0.4, 0.5) is 30.7 Å². The molecule has 0 saturated heterocycles. The van der Waals surface area contributed by atoms with Gasteiger partial charge in [-0.15, -0.1) is 0 Å². The minimum Gasteiger partial charge on any atom is -0.309 e. The van der Waals surface area contributed by atoms with Crippen molar-refractivity contribution in [2.75, 3.05) is 6.54 Å². The zero-order valence-corrected chi connectivity index (χ0v) is 11.0. The summed E-state index contributed by atoms with van der Waals surface area (Å²) in [6, 6.07) is 1.50. The molecule has 0 aliphatic carbocycles. The molecule has 0 spiro atoms. The first kappa shape index (κ1) is 17.7. The minimum absolute atomic E-state index is 0.0231. The maximum atomic E-state index is 12.8. The fourth-order valence-corrected chi connectivity index (χ4v) is 1.96. The normalized spacial score (nSPS) is 14.5. The molecule has 1 rings (SSSR count). The maximum absolute atomic E-state index is 12.8. The summed E-state index contributed by atoms with van der Waals surface area (Å²) < 4.78 is 89.8. The van der Waals surface area contributed by atoms with Crippen LogP contribution >= 0.6 is 0 Å². The Morgan fingerprint density at radius 3 is 1.81 bits per heavy atom. The molecule has 1 aromatic carbocycles. The van der Waals surface area contributed by atoms with Crippen molar-refractivity contribution in [2.45, 2.75) is 31.7 Å². The Balaban J connectivity index is 3.23. The highest BCUT2D eigenvalue weighted by atomic mass is 19.4. The Kier molecular flexibility index (Phi) is 5.61. The lowest BCUT2D eigenvalue weighted by atomic mass is 9.91. The van der Waals surface area contributed by atoms with Gasteiger partial charge in [0, 0.05) is 0 Å². The molecule has 1 N–H and O–H groups in total. The van der Waals surface area contributed by atoms with Gasteiger partial charge < -0.3 is 5.32 Å². The largest absolute Gasteiger partial charge is 0.402 e. The van der Waals surface area contributed by atoms with Crippen molar-refractivity contribution < 1.29 is 30.7 Å². The van der Waals surface area contributed by atoms with E-state index < -0.39 is 30.1 Å². The molecule has 1 aromatic rings. The van der Waals surface area contributed by atoms with E-state index in [4.69, 9.17) is 0 Å². The summed E-state index contributed by atoms with van der Waals surface area (Å²) in [4.78, 5) is 0. The monoisotopic (exact) mass is 317 g/mol. The van der Waals surface area contributed by atoms with Gasteiger partial charge in [0.25, 0.3) is 0 Å². The van der Waals surface area contributed by atoms with E-state index in [-0.39, 0.29) is 12.1 Å². The molecule has 0 heterocycles. The fourth-order valence-electron chi connectivity index (χ4n) is 1.96. The molecule has 0 amide bonds. The zero-order chi connectivity index (χ0) is 16.3. The number of nitrogens with one attached hydrogen (secondary N) is 1. The number of benzene rings is 1. The van der Waals surface area contributed by atoms with Crippen molar-refractivity contribution in [3.8, 4) is 0 Å². The van der Waals surface area contributed by atoms with Crippen LogP contribution in [0.25, 0.3) is 0 Å². The second-order valence-corrected chi connectivity index (χ2v) is 4.54. The molecule has 0 radical (unpaired) electrons. The molecule has 0 bridgehead atoms. The van der Waals surface area contributed by atoms with Crippen LogP contribution in [0.2, 0.25) is 0 Å². The fraction of sp³-hybridized carbons (Fsp3) is 0.538. The molecule has 8 heteroatoms. The lowest BCUT2D eigenvalue weighted by molar-refractivity contribution is -0.292. The molecule has 1 atom stereocenters. The third kappa shape index (κ3) is 4.87. The van der Waals surface area contributed by atoms with Crippen LogP contribution in [0, 0.1) is 11.7 Å². The number of alkyl halides is 6. The van der Waals surface area contributed by atoms with Gasteiger partial charge in [-0.05, 0) is 30.7 Å². The topological polar surface area (TPSA) is 12.0 Å². The summed E-state index contributed by atoms with van der Waals surface area (Å²) >= 11 is 0. The van der Waals surface area contributed by atoms with Gasteiger partial charge in [-0.3, -0.25) is 0 Å². The SMILES string of the molecule is CCCNC(c1ccc(F)cc1)C(C(F)(F)F)C(F)(F)F. The van der Waals surface area contributed by atoms with Crippen LogP contribution < -0.4 is 5.32 Å². The molecule has 1 unspecified atom stereocenters. The molecule has 0 aliphatic heterocycles. The Labute approximate surface area is 117 Å². The number of hydrogen-bond acceptors (Lipinski definition) is 1. The summed E-state index contributed by atoms with van der Waals surface area (Å²) in [5, 5.41) is 2.26. The van der Waals surface area contributed by atoms with Gasteiger partial charge in [-0.2, -0.15) is 26.3 Å². The first-order valence-electron chi connectivity index (χ1n) is 6.19. The molecular weight excluding hydrogens is 303 g/mol. The second-order valence-electron chi connectivity index (χ2n) is 4.54.